The highest BCUT2D eigenvalue weighted by Gasteiger charge is 2.17. The third-order valence-electron chi connectivity index (χ3n) is 11.8. The largest absolute Gasteiger partial charge is 0.462 e. The minimum absolute atomic E-state index is 0.0478. The Morgan fingerprint density at radius 3 is 1.00 bits per heavy atom. The van der Waals surface area contributed by atoms with Crippen molar-refractivity contribution in [3.8, 4) is 0 Å². The van der Waals surface area contributed by atoms with Crippen LogP contribution in [0.15, 0.2) is 146 Å². The van der Waals surface area contributed by atoms with Crippen LogP contribution in [0.4, 0.5) is 0 Å². The zero-order chi connectivity index (χ0) is 52.0. The summed E-state index contributed by atoms with van der Waals surface area (Å²) in [5, 5.41) is 0. The summed E-state index contributed by atoms with van der Waals surface area (Å²) < 4.78 is 17.4. The Morgan fingerprint density at radius 2 is 0.625 bits per heavy atom. The second kappa shape index (κ2) is 61.1. The van der Waals surface area contributed by atoms with Crippen LogP contribution in [-0.4, -0.2) is 37.9 Å². The molecule has 0 bridgehead atoms. The van der Waals surface area contributed by atoms with Gasteiger partial charge in [0.25, 0.3) is 0 Å². The smallest absolute Gasteiger partial charge is 0.306 e. The van der Waals surface area contributed by atoms with Crippen molar-refractivity contribution in [2.75, 3.05) is 19.8 Å². The van der Waals surface area contributed by atoms with E-state index in [1.54, 1.807) is 0 Å². The lowest BCUT2D eigenvalue weighted by atomic mass is 10.1. The number of carbonyl (C=O) groups is 2. The summed E-state index contributed by atoms with van der Waals surface area (Å²) in [4.78, 5) is 25.6. The van der Waals surface area contributed by atoms with Gasteiger partial charge >= 0.3 is 11.9 Å². The summed E-state index contributed by atoms with van der Waals surface area (Å²) in [6.45, 7) is 7.47. The molecule has 1 unspecified atom stereocenters. The molecule has 0 heterocycles. The van der Waals surface area contributed by atoms with Crippen LogP contribution < -0.4 is 0 Å². The van der Waals surface area contributed by atoms with Gasteiger partial charge in [-0.25, -0.2) is 0 Å². The van der Waals surface area contributed by atoms with Gasteiger partial charge < -0.3 is 14.2 Å². The summed E-state index contributed by atoms with van der Waals surface area (Å²) >= 11 is 0. The minimum Gasteiger partial charge on any atom is -0.462 e. The molecule has 0 aliphatic carbocycles. The van der Waals surface area contributed by atoms with Crippen LogP contribution in [0.25, 0.3) is 0 Å². The average molecular weight is 994 g/mol. The molecular weight excluding hydrogens is 885 g/mol. The highest BCUT2D eigenvalue weighted by molar-refractivity contribution is 5.70. The molecule has 1 atom stereocenters. The first-order valence-electron chi connectivity index (χ1n) is 29.4. The molecule has 0 aromatic carbocycles. The number of carbonyl (C=O) groups excluding carboxylic acids is 2. The van der Waals surface area contributed by atoms with Gasteiger partial charge in [-0.2, -0.15) is 0 Å². The Hall–Kier alpha value is -4.22. The highest BCUT2D eigenvalue weighted by Crippen LogP contribution is 2.13. The Balaban J connectivity index is 4.44. The SMILES string of the molecule is CC/C=C\C/C=C\C/C=C\C/C=C\C/C=C\CCCCCCOCC(COC(=O)CCCCCCCC/C=C\C/C=C\C/C=C\CCCCC)OC(=O)CCCCCC/C=C\C/C=C\C/C=C\C/C=C\CC. The van der Waals surface area contributed by atoms with Gasteiger partial charge in [0, 0.05) is 19.4 Å². The van der Waals surface area contributed by atoms with Crippen molar-refractivity contribution < 1.29 is 23.8 Å². The van der Waals surface area contributed by atoms with Crippen LogP contribution in [0.2, 0.25) is 0 Å². The Bertz CT molecular complexity index is 1540. The molecule has 0 aliphatic rings. The van der Waals surface area contributed by atoms with E-state index in [0.29, 0.717) is 19.4 Å². The molecule has 5 heteroatoms. The predicted octanol–water partition coefficient (Wildman–Crippen LogP) is 20.5. The van der Waals surface area contributed by atoms with Crippen molar-refractivity contribution in [3.05, 3.63) is 146 Å². The molecule has 0 aromatic heterocycles. The van der Waals surface area contributed by atoms with Crippen LogP contribution in [-0.2, 0) is 23.8 Å². The van der Waals surface area contributed by atoms with E-state index < -0.39 is 6.10 Å². The van der Waals surface area contributed by atoms with E-state index in [-0.39, 0.29) is 25.2 Å². The van der Waals surface area contributed by atoms with E-state index >= 15 is 0 Å². The van der Waals surface area contributed by atoms with E-state index in [2.05, 4.69) is 167 Å². The molecule has 0 aliphatic heterocycles. The summed E-state index contributed by atoms with van der Waals surface area (Å²) in [7, 11) is 0. The van der Waals surface area contributed by atoms with Crippen molar-refractivity contribution in [1.82, 2.24) is 0 Å². The van der Waals surface area contributed by atoms with Crippen LogP contribution in [0, 0.1) is 0 Å². The van der Waals surface area contributed by atoms with Crippen molar-refractivity contribution in [2.24, 2.45) is 0 Å². The molecule has 0 saturated carbocycles. The number of hydrogen-bond acceptors (Lipinski definition) is 5. The molecule has 0 amide bonds. The summed E-state index contributed by atoms with van der Waals surface area (Å²) in [6.07, 6.45) is 88.7. The zero-order valence-corrected chi connectivity index (χ0v) is 46.6. The predicted molar refractivity (Wildman–Crippen MR) is 315 cm³/mol. The lowest BCUT2D eigenvalue weighted by Crippen LogP contribution is -2.30. The van der Waals surface area contributed by atoms with Gasteiger partial charge in [0.05, 0.1) is 6.61 Å². The number of ether oxygens (including phenoxy) is 3. The maximum Gasteiger partial charge on any atom is 0.306 e. The maximum absolute atomic E-state index is 12.9. The molecule has 406 valence electrons. The lowest BCUT2D eigenvalue weighted by molar-refractivity contribution is -0.163. The molecular formula is C67H108O5. The Morgan fingerprint density at radius 1 is 0.319 bits per heavy atom. The van der Waals surface area contributed by atoms with Gasteiger partial charge in [-0.3, -0.25) is 9.59 Å². The quantitative estimate of drug-likeness (QED) is 0.0345. The van der Waals surface area contributed by atoms with Crippen molar-refractivity contribution in [2.45, 2.75) is 245 Å². The zero-order valence-electron chi connectivity index (χ0n) is 46.6. The van der Waals surface area contributed by atoms with Gasteiger partial charge in [0.15, 0.2) is 6.10 Å². The Kier molecular flexibility index (Phi) is 57.5. The van der Waals surface area contributed by atoms with Gasteiger partial charge in [-0.1, -0.05) is 231 Å². The van der Waals surface area contributed by atoms with E-state index in [1.807, 2.05) is 0 Å². The summed E-state index contributed by atoms with van der Waals surface area (Å²) in [6, 6.07) is 0. The second-order valence-electron chi connectivity index (χ2n) is 18.8. The Labute approximate surface area is 444 Å². The van der Waals surface area contributed by atoms with E-state index in [1.165, 1.54) is 51.4 Å². The molecule has 0 rings (SSSR count). The molecule has 5 nitrogen and oxygen atoms in total. The third kappa shape index (κ3) is 58.4. The van der Waals surface area contributed by atoms with Crippen molar-refractivity contribution in [1.29, 1.82) is 0 Å². The molecule has 72 heavy (non-hydrogen) atoms. The van der Waals surface area contributed by atoms with Crippen LogP contribution >= 0.6 is 0 Å². The van der Waals surface area contributed by atoms with Gasteiger partial charge in [0.2, 0.25) is 0 Å². The fraction of sp³-hybridized carbons (Fsp3) is 0.612. The lowest BCUT2D eigenvalue weighted by Gasteiger charge is -2.18. The highest BCUT2D eigenvalue weighted by atomic mass is 16.6. The van der Waals surface area contributed by atoms with Gasteiger partial charge in [0.1, 0.15) is 6.61 Å². The standard InChI is InChI=1S/C67H108O5/c1-4-7-10-13-16-19-22-25-28-31-33-35-38-41-44-47-50-53-56-59-62-70-63-65(72-67(69)61-58-55-52-49-46-43-40-36-30-27-24-21-18-15-12-9-6-3)64-71-66(68)60-57-54-51-48-45-42-39-37-34-32-29-26-23-20-17-14-11-8-5-2/h7,9-10,12,16-21,25-30,33-35,37,40-41,43-44,65H,4-6,8,11,13-15,22-24,31-32,36,38-39,42,45-64H2,1-3H3/b10-7-,12-9-,19-16-,20-17-,21-18-,28-25-,29-26-,30-27-,35-33-,37-34-,43-40-,44-41-. The summed E-state index contributed by atoms with van der Waals surface area (Å²) in [5.41, 5.74) is 0. The monoisotopic (exact) mass is 993 g/mol. The fourth-order valence-corrected chi connectivity index (χ4v) is 7.53. The second-order valence-corrected chi connectivity index (χ2v) is 18.8. The number of hydrogen-bond donors (Lipinski definition) is 0. The molecule has 0 aromatic rings. The van der Waals surface area contributed by atoms with Crippen LogP contribution in [0.3, 0.4) is 0 Å². The molecule has 0 radical (unpaired) electrons. The first kappa shape index (κ1) is 67.8. The number of unbranched alkanes of at least 4 members (excludes halogenated alkanes) is 17. The molecule has 0 saturated heterocycles. The minimum atomic E-state index is -0.581. The van der Waals surface area contributed by atoms with Crippen molar-refractivity contribution >= 4 is 11.9 Å². The van der Waals surface area contributed by atoms with Crippen LogP contribution in [0.5, 0.6) is 0 Å². The van der Waals surface area contributed by atoms with Crippen molar-refractivity contribution in [3.63, 3.8) is 0 Å². The maximum atomic E-state index is 12.9. The van der Waals surface area contributed by atoms with E-state index in [9.17, 15) is 9.59 Å². The van der Waals surface area contributed by atoms with Gasteiger partial charge in [-0.05, 0) is 141 Å². The number of rotatable bonds is 52. The van der Waals surface area contributed by atoms with Gasteiger partial charge in [-0.15, -0.1) is 0 Å². The van der Waals surface area contributed by atoms with Crippen LogP contribution in [0.1, 0.15) is 239 Å². The normalized spacial score (nSPS) is 13.3. The topological polar surface area (TPSA) is 61.8 Å². The fourth-order valence-electron chi connectivity index (χ4n) is 7.53. The molecule has 0 fully saturated rings. The number of esters is 2. The molecule has 0 N–H and O–H groups in total. The van der Waals surface area contributed by atoms with E-state index in [0.717, 1.165) is 154 Å². The summed E-state index contributed by atoms with van der Waals surface area (Å²) in [5.74, 6) is -0.462. The number of allylic oxidation sites excluding steroid dienone is 24. The first-order valence-corrected chi connectivity index (χ1v) is 29.4. The first-order chi connectivity index (χ1) is 35.6. The average Bonchev–Trinajstić information content (AvgIpc) is 3.38. The third-order valence-corrected chi connectivity index (χ3v) is 11.8. The molecule has 0 spiro atoms. The van der Waals surface area contributed by atoms with E-state index in [4.69, 9.17) is 14.2 Å².